The van der Waals surface area contributed by atoms with Crippen molar-refractivity contribution < 1.29 is 8.42 Å². The molecule has 150 valence electrons. The average Bonchev–Trinajstić information content (AvgIpc) is 2.75. The Kier molecular flexibility index (Phi) is 5.21. The van der Waals surface area contributed by atoms with Crippen LogP contribution in [0.3, 0.4) is 0 Å². The van der Waals surface area contributed by atoms with E-state index in [1.807, 2.05) is 48.2 Å². The molecule has 1 saturated heterocycles. The average molecular weight is 410 g/mol. The van der Waals surface area contributed by atoms with Crippen molar-refractivity contribution in [3.63, 3.8) is 0 Å². The summed E-state index contributed by atoms with van der Waals surface area (Å²) in [6.45, 7) is 3.62. The Morgan fingerprint density at radius 2 is 1.59 bits per heavy atom. The van der Waals surface area contributed by atoms with E-state index in [1.165, 1.54) is 15.1 Å². The predicted octanol–water partition coefficient (Wildman–Crippen LogP) is 2.05. The first kappa shape index (κ1) is 19.4. The summed E-state index contributed by atoms with van der Waals surface area (Å²) in [6.07, 6.45) is 0. The Bertz CT molecular complexity index is 1170. The second kappa shape index (κ2) is 7.81. The monoisotopic (exact) mass is 410 g/mol. The second-order valence-electron chi connectivity index (χ2n) is 6.98. The molecule has 8 heteroatoms. The van der Waals surface area contributed by atoms with Crippen molar-refractivity contribution in [1.29, 1.82) is 0 Å². The van der Waals surface area contributed by atoms with Crippen LogP contribution < -0.4 is 10.5 Å². The van der Waals surface area contributed by atoms with Crippen LogP contribution in [0.4, 0.5) is 5.82 Å². The molecule has 0 N–H and O–H groups in total. The quantitative estimate of drug-likeness (QED) is 0.658. The van der Waals surface area contributed by atoms with Gasteiger partial charge in [-0.1, -0.05) is 30.3 Å². The summed E-state index contributed by atoms with van der Waals surface area (Å²) in [7, 11) is -3.52. The third-order valence-corrected chi connectivity index (χ3v) is 6.87. The van der Waals surface area contributed by atoms with Crippen LogP contribution in [-0.4, -0.2) is 48.7 Å². The summed E-state index contributed by atoms with van der Waals surface area (Å²) in [5.41, 5.74) is 1.40. The Morgan fingerprint density at radius 1 is 0.862 bits per heavy atom. The molecule has 0 atom stereocenters. The summed E-state index contributed by atoms with van der Waals surface area (Å²) < 4.78 is 28.7. The molecule has 29 heavy (non-hydrogen) atoms. The van der Waals surface area contributed by atoms with Crippen molar-refractivity contribution in [2.75, 3.05) is 31.1 Å². The minimum Gasteiger partial charge on any atom is -0.353 e. The summed E-state index contributed by atoms with van der Waals surface area (Å²) in [5, 5.41) is 4.49. The minimum absolute atomic E-state index is 0.208. The number of aromatic nitrogens is 2. The Hall–Kier alpha value is -2.97. The molecule has 0 spiro atoms. The number of piperazine rings is 1. The van der Waals surface area contributed by atoms with Crippen molar-refractivity contribution in [2.24, 2.45) is 0 Å². The zero-order chi connectivity index (χ0) is 20.4. The number of hydrogen-bond donors (Lipinski definition) is 0. The van der Waals surface area contributed by atoms with Crippen molar-refractivity contribution in [3.05, 3.63) is 82.6 Å². The first-order valence-electron chi connectivity index (χ1n) is 9.43. The van der Waals surface area contributed by atoms with E-state index < -0.39 is 10.0 Å². The van der Waals surface area contributed by atoms with E-state index in [-0.39, 0.29) is 5.56 Å². The molecule has 1 aliphatic rings. The van der Waals surface area contributed by atoms with E-state index in [2.05, 4.69) is 5.10 Å². The van der Waals surface area contributed by atoms with Crippen molar-refractivity contribution in [3.8, 4) is 5.69 Å². The molecule has 1 aliphatic heterocycles. The summed E-state index contributed by atoms with van der Waals surface area (Å²) in [4.78, 5) is 14.5. The lowest BCUT2D eigenvalue weighted by molar-refractivity contribution is 0.383. The van der Waals surface area contributed by atoms with Crippen LogP contribution in [-0.2, 0) is 10.0 Å². The number of rotatable bonds is 4. The van der Waals surface area contributed by atoms with Crippen molar-refractivity contribution in [1.82, 2.24) is 14.1 Å². The Labute approximate surface area is 169 Å². The van der Waals surface area contributed by atoms with Gasteiger partial charge in [0.1, 0.15) is 5.82 Å². The van der Waals surface area contributed by atoms with Gasteiger partial charge >= 0.3 is 0 Å². The first-order valence-corrected chi connectivity index (χ1v) is 10.9. The molecular weight excluding hydrogens is 388 g/mol. The van der Waals surface area contributed by atoms with Gasteiger partial charge in [0.15, 0.2) is 0 Å². The van der Waals surface area contributed by atoms with Gasteiger partial charge in [0.25, 0.3) is 5.56 Å². The van der Waals surface area contributed by atoms with Gasteiger partial charge in [-0.2, -0.15) is 8.99 Å². The predicted molar refractivity (Wildman–Crippen MR) is 112 cm³/mol. The number of para-hydroxylation sites is 1. The van der Waals surface area contributed by atoms with E-state index in [1.54, 1.807) is 24.3 Å². The van der Waals surface area contributed by atoms with Gasteiger partial charge in [-0.3, -0.25) is 4.79 Å². The van der Waals surface area contributed by atoms with Gasteiger partial charge in [0, 0.05) is 32.2 Å². The standard InChI is InChI=1S/C21H22N4O3S/c1-17-6-5-9-19(16-17)29(27,28)24-14-12-23(13-15-24)20-10-11-21(26)25(22-20)18-7-3-2-4-8-18/h2-11,16H,12-15H2,1H3. The molecule has 1 aromatic heterocycles. The van der Waals surface area contributed by atoms with Crippen LogP contribution in [0.25, 0.3) is 5.69 Å². The third kappa shape index (κ3) is 3.94. The van der Waals surface area contributed by atoms with Crippen LogP contribution in [0.5, 0.6) is 0 Å². The summed E-state index contributed by atoms with van der Waals surface area (Å²) in [6, 6.07) is 19.4. The molecule has 0 unspecified atom stereocenters. The smallest absolute Gasteiger partial charge is 0.271 e. The summed E-state index contributed by atoms with van der Waals surface area (Å²) >= 11 is 0. The highest BCUT2D eigenvalue weighted by Crippen LogP contribution is 2.20. The minimum atomic E-state index is -3.52. The fourth-order valence-corrected chi connectivity index (χ4v) is 4.93. The van der Waals surface area contributed by atoms with Crippen molar-refractivity contribution >= 4 is 15.8 Å². The zero-order valence-electron chi connectivity index (χ0n) is 16.1. The van der Waals surface area contributed by atoms with Crippen LogP contribution in [0.1, 0.15) is 5.56 Å². The first-order chi connectivity index (χ1) is 13.9. The summed E-state index contributed by atoms with van der Waals surface area (Å²) in [5.74, 6) is 0.654. The van der Waals surface area contributed by atoms with Gasteiger partial charge in [-0.25, -0.2) is 8.42 Å². The van der Waals surface area contributed by atoms with Gasteiger partial charge in [-0.05, 0) is 42.8 Å². The van der Waals surface area contributed by atoms with Crippen LogP contribution in [0.2, 0.25) is 0 Å². The topological polar surface area (TPSA) is 75.5 Å². The highest BCUT2D eigenvalue weighted by molar-refractivity contribution is 7.89. The number of anilines is 1. The fourth-order valence-electron chi connectivity index (χ4n) is 3.41. The maximum absolute atomic E-state index is 12.9. The van der Waals surface area contributed by atoms with Gasteiger partial charge in [0.05, 0.1) is 10.6 Å². The van der Waals surface area contributed by atoms with Crippen molar-refractivity contribution in [2.45, 2.75) is 11.8 Å². The van der Waals surface area contributed by atoms with Crippen LogP contribution >= 0.6 is 0 Å². The van der Waals surface area contributed by atoms with E-state index in [9.17, 15) is 13.2 Å². The van der Waals surface area contributed by atoms with Crippen LogP contribution in [0.15, 0.2) is 76.4 Å². The van der Waals surface area contributed by atoms with E-state index in [0.29, 0.717) is 42.6 Å². The molecular formula is C21H22N4O3S. The molecule has 0 saturated carbocycles. The molecule has 3 aromatic rings. The Balaban J connectivity index is 1.52. The lowest BCUT2D eigenvalue weighted by atomic mass is 10.2. The lowest BCUT2D eigenvalue weighted by Gasteiger charge is -2.34. The van der Waals surface area contributed by atoms with Gasteiger partial charge in [-0.15, -0.1) is 5.10 Å². The highest BCUT2D eigenvalue weighted by atomic mass is 32.2. The number of benzene rings is 2. The molecule has 2 heterocycles. The number of sulfonamides is 1. The number of aryl methyl sites for hydroxylation is 1. The van der Waals surface area contributed by atoms with Gasteiger partial charge in [0.2, 0.25) is 10.0 Å². The maximum Gasteiger partial charge on any atom is 0.271 e. The second-order valence-corrected chi connectivity index (χ2v) is 8.92. The number of nitrogens with zero attached hydrogens (tertiary/aromatic N) is 4. The maximum atomic E-state index is 12.9. The molecule has 1 fully saturated rings. The highest BCUT2D eigenvalue weighted by Gasteiger charge is 2.29. The van der Waals surface area contributed by atoms with E-state index in [4.69, 9.17) is 0 Å². The molecule has 4 rings (SSSR count). The molecule has 0 bridgehead atoms. The largest absolute Gasteiger partial charge is 0.353 e. The third-order valence-electron chi connectivity index (χ3n) is 4.98. The van der Waals surface area contributed by atoms with E-state index in [0.717, 1.165) is 5.56 Å². The SMILES string of the molecule is Cc1cccc(S(=O)(=O)N2CCN(c3ccc(=O)n(-c4ccccc4)n3)CC2)c1. The lowest BCUT2D eigenvalue weighted by Crippen LogP contribution is -2.49. The molecule has 7 nitrogen and oxygen atoms in total. The molecule has 0 aliphatic carbocycles. The molecule has 0 radical (unpaired) electrons. The fraction of sp³-hybridized carbons (Fsp3) is 0.238. The zero-order valence-corrected chi connectivity index (χ0v) is 16.9. The normalized spacial score (nSPS) is 15.4. The molecule has 0 amide bonds. The Morgan fingerprint density at radius 3 is 2.28 bits per heavy atom. The van der Waals surface area contributed by atoms with Gasteiger partial charge < -0.3 is 4.90 Å². The van der Waals surface area contributed by atoms with Crippen LogP contribution in [0, 0.1) is 6.92 Å². The van der Waals surface area contributed by atoms with E-state index >= 15 is 0 Å². The molecule has 2 aromatic carbocycles. The number of hydrogen-bond acceptors (Lipinski definition) is 5.